The van der Waals surface area contributed by atoms with Crippen molar-refractivity contribution in [1.29, 1.82) is 0 Å². The summed E-state index contributed by atoms with van der Waals surface area (Å²) in [6, 6.07) is 13.5. The zero-order valence-corrected chi connectivity index (χ0v) is 17.6. The van der Waals surface area contributed by atoms with Gasteiger partial charge in [0.2, 0.25) is 0 Å². The Bertz CT molecular complexity index is 998. The average molecular weight is 424 g/mol. The van der Waals surface area contributed by atoms with Crippen LogP contribution in [0.2, 0.25) is 0 Å². The highest BCUT2D eigenvalue weighted by molar-refractivity contribution is 6.05. The number of fused-ring (bicyclic) bond motifs is 3. The van der Waals surface area contributed by atoms with Crippen LogP contribution in [0.15, 0.2) is 48.5 Å². The number of halogens is 1. The molecular weight excluding hydrogens is 399 g/mol. The molecule has 2 aromatic carbocycles. The predicted octanol–water partition coefficient (Wildman–Crippen LogP) is 4.41. The summed E-state index contributed by atoms with van der Waals surface area (Å²) < 4.78 is 24.6. The summed E-state index contributed by atoms with van der Waals surface area (Å²) in [5.41, 5.74) is 0.309. The van der Waals surface area contributed by atoms with Crippen LogP contribution < -0.4 is 0 Å². The average Bonchev–Trinajstić information content (AvgIpc) is 3.17. The van der Waals surface area contributed by atoms with E-state index < -0.39 is 29.1 Å². The zero-order chi connectivity index (χ0) is 22.2. The Kier molecular flexibility index (Phi) is 5.65. The molecule has 0 saturated heterocycles. The third-order valence-corrected chi connectivity index (χ3v) is 6.55. The minimum Gasteiger partial charge on any atom is -0.465 e. The Morgan fingerprint density at radius 1 is 1.00 bits per heavy atom. The lowest BCUT2D eigenvalue weighted by atomic mass is 9.67. The second-order valence-electron chi connectivity index (χ2n) is 8.19. The number of ether oxygens (including phenoxy) is 2. The van der Waals surface area contributed by atoms with Crippen molar-refractivity contribution in [2.75, 3.05) is 13.2 Å². The first-order chi connectivity index (χ1) is 14.9. The molecule has 2 aliphatic rings. The molecular formula is C25H25FO5. The molecule has 5 nitrogen and oxygen atoms in total. The summed E-state index contributed by atoms with van der Waals surface area (Å²) >= 11 is 0. The molecule has 0 N–H and O–H groups in total. The van der Waals surface area contributed by atoms with E-state index >= 15 is 0 Å². The van der Waals surface area contributed by atoms with Crippen molar-refractivity contribution >= 4 is 17.7 Å². The van der Waals surface area contributed by atoms with Gasteiger partial charge in [0.05, 0.1) is 19.1 Å². The molecule has 6 heteroatoms. The molecule has 162 valence electrons. The van der Waals surface area contributed by atoms with Crippen molar-refractivity contribution in [3.05, 3.63) is 71.0 Å². The number of rotatable bonds is 5. The van der Waals surface area contributed by atoms with Crippen LogP contribution >= 0.6 is 0 Å². The Balaban J connectivity index is 1.87. The van der Waals surface area contributed by atoms with Crippen LogP contribution in [0.5, 0.6) is 0 Å². The van der Waals surface area contributed by atoms with Crippen molar-refractivity contribution in [1.82, 2.24) is 0 Å². The largest absolute Gasteiger partial charge is 0.465 e. The predicted molar refractivity (Wildman–Crippen MR) is 111 cm³/mol. The number of carbonyl (C=O) groups is 3. The number of Topliss-reactive ketones (excluding diaryl/α,β-unsaturated/α-hetero) is 1. The fourth-order valence-electron chi connectivity index (χ4n) is 5.29. The van der Waals surface area contributed by atoms with Gasteiger partial charge in [0.25, 0.3) is 0 Å². The molecule has 0 bridgehead atoms. The number of carbonyl (C=O) groups excluding carboxylic acids is 3. The molecule has 0 radical (unpaired) electrons. The normalized spacial score (nSPS) is 23.6. The number of hydrogen-bond acceptors (Lipinski definition) is 5. The van der Waals surface area contributed by atoms with Gasteiger partial charge in [-0.1, -0.05) is 36.4 Å². The van der Waals surface area contributed by atoms with Gasteiger partial charge in [-0.15, -0.1) is 0 Å². The number of hydrogen-bond donors (Lipinski definition) is 0. The maximum atomic E-state index is 14.1. The minimum absolute atomic E-state index is 0.137. The lowest BCUT2D eigenvalue weighted by Gasteiger charge is -2.34. The molecule has 1 fully saturated rings. The van der Waals surface area contributed by atoms with E-state index in [2.05, 4.69) is 0 Å². The van der Waals surface area contributed by atoms with Crippen LogP contribution in [0.3, 0.4) is 0 Å². The molecule has 0 unspecified atom stereocenters. The van der Waals surface area contributed by atoms with E-state index in [-0.39, 0.29) is 43.7 Å². The maximum absolute atomic E-state index is 14.1. The first kappa shape index (κ1) is 21.2. The van der Waals surface area contributed by atoms with Crippen molar-refractivity contribution in [2.24, 2.45) is 11.3 Å². The Labute approximate surface area is 180 Å². The summed E-state index contributed by atoms with van der Waals surface area (Å²) in [5.74, 6) is -3.07. The van der Waals surface area contributed by atoms with E-state index in [0.29, 0.717) is 11.1 Å². The second kappa shape index (κ2) is 8.25. The Hall–Kier alpha value is -3.02. The summed E-state index contributed by atoms with van der Waals surface area (Å²) in [7, 11) is 0. The molecule has 0 aromatic heterocycles. The van der Waals surface area contributed by atoms with Gasteiger partial charge in [-0.2, -0.15) is 0 Å². The topological polar surface area (TPSA) is 69.7 Å². The molecule has 0 spiro atoms. The molecule has 2 aliphatic carbocycles. The third-order valence-electron chi connectivity index (χ3n) is 6.55. The fraction of sp³-hybridized carbons (Fsp3) is 0.400. The third kappa shape index (κ3) is 3.44. The van der Waals surface area contributed by atoms with Crippen LogP contribution in [0.1, 0.15) is 60.0 Å². The monoisotopic (exact) mass is 424 g/mol. The molecule has 1 saturated carbocycles. The number of benzene rings is 2. The lowest BCUT2D eigenvalue weighted by Crippen LogP contribution is -2.40. The van der Waals surface area contributed by atoms with E-state index in [1.807, 2.05) is 30.3 Å². The summed E-state index contributed by atoms with van der Waals surface area (Å²) in [6.07, 6.45) is 0.321. The van der Waals surface area contributed by atoms with Gasteiger partial charge >= 0.3 is 11.9 Å². The van der Waals surface area contributed by atoms with Gasteiger partial charge in [-0.05, 0) is 61.8 Å². The molecule has 0 aliphatic heterocycles. The van der Waals surface area contributed by atoms with Gasteiger partial charge in [0.1, 0.15) is 5.82 Å². The highest BCUT2D eigenvalue weighted by atomic mass is 19.1. The minimum atomic E-state index is -1.48. The second-order valence-corrected chi connectivity index (χ2v) is 8.19. The van der Waals surface area contributed by atoms with Crippen LogP contribution in [-0.4, -0.2) is 30.9 Å². The van der Waals surface area contributed by atoms with Crippen molar-refractivity contribution in [2.45, 2.75) is 38.5 Å². The van der Waals surface area contributed by atoms with E-state index in [9.17, 15) is 18.8 Å². The molecule has 0 heterocycles. The van der Waals surface area contributed by atoms with Crippen LogP contribution in [0.4, 0.5) is 4.39 Å². The quantitative estimate of drug-likeness (QED) is 0.525. The van der Waals surface area contributed by atoms with Crippen LogP contribution in [-0.2, 0) is 19.1 Å². The highest BCUT2D eigenvalue weighted by Crippen LogP contribution is 2.59. The molecule has 4 rings (SSSR count). The van der Waals surface area contributed by atoms with Crippen molar-refractivity contribution in [3.63, 3.8) is 0 Å². The molecule has 31 heavy (non-hydrogen) atoms. The van der Waals surface area contributed by atoms with Gasteiger partial charge < -0.3 is 9.47 Å². The molecule has 3 atom stereocenters. The first-order valence-corrected chi connectivity index (χ1v) is 10.7. The summed E-state index contributed by atoms with van der Waals surface area (Å²) in [4.78, 5) is 39.6. The van der Waals surface area contributed by atoms with E-state index in [0.717, 1.165) is 5.56 Å². The van der Waals surface area contributed by atoms with Crippen molar-refractivity contribution < 1.29 is 28.2 Å². The smallest absolute Gasteiger partial charge is 0.323 e. The van der Waals surface area contributed by atoms with Gasteiger partial charge in [-0.25, -0.2) is 4.39 Å². The Morgan fingerprint density at radius 2 is 1.65 bits per heavy atom. The zero-order valence-electron chi connectivity index (χ0n) is 17.6. The maximum Gasteiger partial charge on any atom is 0.323 e. The van der Waals surface area contributed by atoms with Crippen LogP contribution in [0.25, 0.3) is 0 Å². The summed E-state index contributed by atoms with van der Waals surface area (Å²) in [5, 5.41) is 0. The Morgan fingerprint density at radius 3 is 2.26 bits per heavy atom. The van der Waals surface area contributed by atoms with E-state index in [4.69, 9.17) is 9.47 Å². The van der Waals surface area contributed by atoms with Crippen LogP contribution in [0, 0.1) is 17.2 Å². The fourth-order valence-corrected chi connectivity index (χ4v) is 5.29. The lowest BCUT2D eigenvalue weighted by molar-refractivity contribution is -0.172. The molecule has 2 aromatic rings. The highest BCUT2D eigenvalue weighted by Gasteiger charge is 2.61. The van der Waals surface area contributed by atoms with E-state index in [1.165, 1.54) is 12.1 Å². The van der Waals surface area contributed by atoms with Gasteiger partial charge in [0.15, 0.2) is 11.2 Å². The van der Waals surface area contributed by atoms with Crippen molar-refractivity contribution in [3.8, 4) is 0 Å². The van der Waals surface area contributed by atoms with E-state index in [1.54, 1.807) is 19.9 Å². The number of esters is 2. The number of ketones is 1. The SMILES string of the molecule is CCOC(=O)C1(C(=O)OCC)C[C@@H]2[C@H](C1)c1ccc(F)cc1C(=O)[C@H]2c1ccccc1. The summed E-state index contributed by atoms with van der Waals surface area (Å²) in [6.45, 7) is 3.65. The van der Waals surface area contributed by atoms with Gasteiger partial charge in [-0.3, -0.25) is 14.4 Å². The first-order valence-electron chi connectivity index (χ1n) is 10.7. The molecule has 0 amide bonds. The van der Waals surface area contributed by atoms with Gasteiger partial charge in [0, 0.05) is 5.56 Å². The standard InChI is InChI=1S/C25H25FO5/c1-3-30-23(28)25(24(29)31-4-2)13-19-17-11-10-16(26)12-18(17)22(27)21(20(19)14-25)15-8-6-5-7-9-15/h5-12,19-21H,3-4,13-14H2,1-2H3/t19-,20-,21+/m1/s1.